The number of hydrogen-bond acceptors (Lipinski definition) is 4. The monoisotopic (exact) mass is 234 g/mol. The molecule has 0 amide bonds. The second kappa shape index (κ2) is 6.45. The summed E-state index contributed by atoms with van der Waals surface area (Å²) in [5.41, 5.74) is 0. The zero-order valence-corrected chi connectivity index (χ0v) is 9.89. The predicted molar refractivity (Wildman–Crippen MR) is 58.7 cm³/mol. The summed E-state index contributed by atoms with van der Waals surface area (Å²) in [5.74, 6) is -0.223. The molecule has 0 aromatic rings. The number of unbranched alkanes of at least 4 members (excludes halogenated alkanes) is 1. The van der Waals surface area contributed by atoms with Crippen LogP contribution in [0, 0.1) is 0 Å². The summed E-state index contributed by atoms with van der Waals surface area (Å²) in [6.45, 7) is 0.834. The van der Waals surface area contributed by atoms with Gasteiger partial charge >= 0.3 is 0 Å². The highest BCUT2D eigenvalue weighted by atomic mass is 32.2. The Morgan fingerprint density at radius 2 is 1.80 bits per heavy atom. The summed E-state index contributed by atoms with van der Waals surface area (Å²) < 4.78 is 31.0. The van der Waals surface area contributed by atoms with E-state index in [4.69, 9.17) is 0 Å². The summed E-state index contributed by atoms with van der Waals surface area (Å²) in [6, 6.07) is 0.614. The van der Waals surface area contributed by atoms with E-state index in [1.54, 1.807) is 0 Å². The average Bonchev–Trinajstić information content (AvgIpc) is 2.17. The van der Waals surface area contributed by atoms with E-state index in [-0.39, 0.29) is 5.75 Å². The molecule has 0 atom stereocenters. The van der Waals surface area contributed by atoms with Crippen molar-refractivity contribution in [3.05, 3.63) is 0 Å². The van der Waals surface area contributed by atoms with Crippen molar-refractivity contribution < 1.29 is 13.0 Å². The molecule has 4 nitrogen and oxygen atoms in total. The molecular weight excluding hydrogens is 214 g/mol. The second-order valence-corrected chi connectivity index (χ2v) is 5.78. The first-order valence-corrected chi connectivity index (χ1v) is 7.32. The highest BCUT2D eigenvalue weighted by Crippen LogP contribution is 2.17. The molecule has 0 saturated heterocycles. The van der Waals surface area contributed by atoms with Crippen LogP contribution in [0.25, 0.3) is 0 Å². The Labute approximate surface area is 92.2 Å². The van der Waals surface area contributed by atoms with E-state index < -0.39 is 10.1 Å². The number of rotatable bonds is 6. The van der Waals surface area contributed by atoms with Crippen LogP contribution in [0.15, 0.2) is 0 Å². The van der Waals surface area contributed by atoms with Crippen LogP contribution >= 0.6 is 0 Å². The van der Waals surface area contributed by atoms with Crippen LogP contribution in [0.5, 0.6) is 0 Å². The second-order valence-electron chi connectivity index (χ2n) is 4.26. The zero-order chi connectivity index (χ0) is 11.1. The third kappa shape index (κ3) is 6.87. The van der Waals surface area contributed by atoms with Crippen LogP contribution < -0.4 is 5.32 Å². The van der Waals surface area contributed by atoms with E-state index in [0.29, 0.717) is 12.5 Å². The van der Waals surface area contributed by atoms with E-state index in [2.05, 4.69) is 5.32 Å². The third-order valence-corrected chi connectivity index (χ3v) is 3.65. The molecule has 90 valence electrons. The van der Waals surface area contributed by atoms with Gasteiger partial charge in [-0.3, -0.25) is 0 Å². The van der Waals surface area contributed by atoms with Crippen molar-refractivity contribution >= 4 is 10.1 Å². The van der Waals surface area contributed by atoms with Gasteiger partial charge in [0, 0.05) is 11.8 Å². The first-order valence-electron chi connectivity index (χ1n) is 5.75. The van der Waals surface area contributed by atoms with Crippen molar-refractivity contribution in [3.63, 3.8) is 0 Å². The summed E-state index contributed by atoms with van der Waals surface area (Å²) >= 11 is 0. The Hall–Kier alpha value is -0.130. The molecule has 0 heterocycles. The normalized spacial score (nSPS) is 19.3. The topological polar surface area (TPSA) is 69.2 Å². The predicted octanol–water partition coefficient (Wildman–Crippen LogP) is 1.23. The van der Waals surface area contributed by atoms with Gasteiger partial charge in [0.1, 0.15) is 0 Å². The molecule has 1 rings (SSSR count). The molecule has 0 radical (unpaired) electrons. The summed E-state index contributed by atoms with van der Waals surface area (Å²) in [7, 11) is -4.01. The molecule has 1 aliphatic carbocycles. The van der Waals surface area contributed by atoms with Crippen molar-refractivity contribution in [1.29, 1.82) is 0 Å². The molecule has 1 saturated carbocycles. The number of nitrogens with one attached hydrogen (secondary N) is 1. The fourth-order valence-electron chi connectivity index (χ4n) is 2.02. The molecule has 0 bridgehead atoms. The van der Waals surface area contributed by atoms with Crippen LogP contribution in [-0.2, 0) is 10.1 Å². The molecule has 0 aliphatic heterocycles. The molecule has 1 fully saturated rings. The van der Waals surface area contributed by atoms with Gasteiger partial charge in [-0.1, -0.05) is 19.3 Å². The highest BCUT2D eigenvalue weighted by molar-refractivity contribution is 7.85. The fraction of sp³-hybridized carbons (Fsp3) is 1.00. The maximum atomic E-state index is 10.3. The van der Waals surface area contributed by atoms with Gasteiger partial charge in [-0.05, 0) is 32.2 Å². The Morgan fingerprint density at radius 1 is 1.13 bits per heavy atom. The van der Waals surface area contributed by atoms with Crippen LogP contribution in [-0.4, -0.2) is 31.3 Å². The number of hydrogen-bond donors (Lipinski definition) is 1. The lowest BCUT2D eigenvalue weighted by atomic mass is 9.95. The van der Waals surface area contributed by atoms with E-state index >= 15 is 0 Å². The van der Waals surface area contributed by atoms with Crippen LogP contribution in [0.2, 0.25) is 0 Å². The standard InChI is InChI=1S/C10H21NO3S/c12-15(13,14)9-5-4-8-11-10-6-2-1-3-7-10/h10-11H,1-9H2,(H,12,13,14)/p-1. The lowest BCUT2D eigenvalue weighted by Crippen LogP contribution is -2.31. The molecule has 15 heavy (non-hydrogen) atoms. The van der Waals surface area contributed by atoms with E-state index in [1.807, 2.05) is 0 Å². The van der Waals surface area contributed by atoms with Gasteiger partial charge < -0.3 is 9.87 Å². The van der Waals surface area contributed by atoms with Gasteiger partial charge in [0.15, 0.2) is 0 Å². The van der Waals surface area contributed by atoms with Crippen molar-refractivity contribution in [2.24, 2.45) is 0 Å². The first-order chi connectivity index (χ1) is 7.08. The Bertz CT molecular complexity index is 258. The largest absolute Gasteiger partial charge is 0.748 e. The average molecular weight is 234 g/mol. The van der Waals surface area contributed by atoms with Gasteiger partial charge in [-0.25, -0.2) is 8.42 Å². The Balaban J connectivity index is 1.96. The first kappa shape index (κ1) is 12.9. The highest BCUT2D eigenvalue weighted by Gasteiger charge is 2.11. The van der Waals surface area contributed by atoms with Crippen molar-refractivity contribution in [2.75, 3.05) is 12.3 Å². The van der Waals surface area contributed by atoms with Gasteiger partial charge in [-0.2, -0.15) is 0 Å². The third-order valence-electron chi connectivity index (χ3n) is 2.86. The lowest BCUT2D eigenvalue weighted by Gasteiger charge is -2.22. The molecule has 1 N–H and O–H groups in total. The minimum atomic E-state index is -4.01. The molecule has 0 spiro atoms. The maximum Gasteiger partial charge on any atom is 0.0945 e. The maximum absolute atomic E-state index is 10.3. The van der Waals surface area contributed by atoms with Crippen LogP contribution in [0.1, 0.15) is 44.9 Å². The van der Waals surface area contributed by atoms with Crippen molar-refractivity contribution in [3.8, 4) is 0 Å². The molecule has 1 aliphatic rings. The van der Waals surface area contributed by atoms with Crippen LogP contribution in [0.3, 0.4) is 0 Å². The lowest BCUT2D eigenvalue weighted by molar-refractivity contribution is 0.371. The summed E-state index contributed by atoms with van der Waals surface area (Å²) in [4.78, 5) is 0. The van der Waals surface area contributed by atoms with Crippen LogP contribution in [0.4, 0.5) is 0 Å². The van der Waals surface area contributed by atoms with Gasteiger partial charge in [-0.15, -0.1) is 0 Å². The van der Waals surface area contributed by atoms with E-state index in [1.165, 1.54) is 32.1 Å². The zero-order valence-electron chi connectivity index (χ0n) is 9.07. The minimum absolute atomic E-state index is 0.223. The van der Waals surface area contributed by atoms with Gasteiger partial charge in [0.05, 0.1) is 10.1 Å². The minimum Gasteiger partial charge on any atom is -0.748 e. The Kier molecular flexibility index (Phi) is 5.56. The molecule has 0 aromatic heterocycles. The van der Waals surface area contributed by atoms with Crippen molar-refractivity contribution in [2.45, 2.75) is 51.0 Å². The summed E-state index contributed by atoms with van der Waals surface area (Å²) in [5, 5.41) is 3.41. The summed E-state index contributed by atoms with van der Waals surface area (Å²) in [6.07, 6.45) is 7.66. The van der Waals surface area contributed by atoms with Crippen molar-refractivity contribution in [1.82, 2.24) is 5.32 Å². The van der Waals surface area contributed by atoms with E-state index in [0.717, 1.165) is 13.0 Å². The molecule has 5 heteroatoms. The quantitative estimate of drug-likeness (QED) is 0.554. The van der Waals surface area contributed by atoms with E-state index in [9.17, 15) is 13.0 Å². The smallest absolute Gasteiger partial charge is 0.0945 e. The fourth-order valence-corrected chi connectivity index (χ4v) is 2.57. The molecule has 0 aromatic carbocycles. The SMILES string of the molecule is O=S(=O)([O-])CCCCNC1CCCCC1. The van der Waals surface area contributed by atoms with Gasteiger partial charge in [0.2, 0.25) is 0 Å². The van der Waals surface area contributed by atoms with Gasteiger partial charge in [0.25, 0.3) is 0 Å². The Morgan fingerprint density at radius 3 is 2.40 bits per heavy atom. The molecular formula is C10H20NO3S-. The molecule has 0 unspecified atom stereocenters.